The molecule has 1 N–H and O–H groups in total. The van der Waals surface area contributed by atoms with Crippen molar-refractivity contribution in [3.05, 3.63) is 24.0 Å². The zero-order valence-electron chi connectivity index (χ0n) is 13.1. The quantitative estimate of drug-likeness (QED) is 0.921. The Morgan fingerprint density at radius 1 is 1.45 bits per heavy atom. The topological polar surface area (TPSA) is 37.4 Å². The van der Waals surface area contributed by atoms with Crippen molar-refractivity contribution in [3.8, 4) is 0 Å². The van der Waals surface area contributed by atoms with Gasteiger partial charge in [-0.2, -0.15) is 0 Å². The zero-order chi connectivity index (χ0) is 14.6. The molecule has 1 aliphatic rings. The fourth-order valence-electron chi connectivity index (χ4n) is 2.44. The number of aromatic nitrogens is 1. The van der Waals surface area contributed by atoms with Crippen molar-refractivity contribution in [2.24, 2.45) is 0 Å². The minimum Gasteiger partial charge on any atom is -0.377 e. The van der Waals surface area contributed by atoms with Gasteiger partial charge in [-0.3, -0.25) is 4.98 Å². The van der Waals surface area contributed by atoms with Gasteiger partial charge in [0.15, 0.2) is 0 Å². The lowest BCUT2D eigenvalue weighted by atomic mass is 10.1. The number of hydrogen-bond acceptors (Lipinski definition) is 4. The highest BCUT2D eigenvalue weighted by Gasteiger charge is 2.18. The van der Waals surface area contributed by atoms with Crippen LogP contribution in [0, 0.1) is 0 Å². The minimum absolute atomic E-state index is 0.113. The summed E-state index contributed by atoms with van der Waals surface area (Å²) in [6, 6.07) is 2.12. The van der Waals surface area contributed by atoms with E-state index in [0.29, 0.717) is 0 Å². The first-order valence-corrected chi connectivity index (χ1v) is 7.50. The number of anilines is 1. The van der Waals surface area contributed by atoms with Gasteiger partial charge in [-0.25, -0.2) is 0 Å². The van der Waals surface area contributed by atoms with Gasteiger partial charge in [0.1, 0.15) is 0 Å². The van der Waals surface area contributed by atoms with Gasteiger partial charge in [-0.05, 0) is 40.2 Å². The van der Waals surface area contributed by atoms with Crippen LogP contribution in [0.15, 0.2) is 18.5 Å². The molecule has 0 bridgehead atoms. The molecule has 0 aliphatic carbocycles. The van der Waals surface area contributed by atoms with E-state index in [0.717, 1.165) is 32.7 Å². The van der Waals surface area contributed by atoms with Crippen LogP contribution in [-0.4, -0.2) is 36.3 Å². The average Bonchev–Trinajstić information content (AvgIpc) is 2.60. The molecule has 2 heterocycles. The van der Waals surface area contributed by atoms with Gasteiger partial charge >= 0.3 is 0 Å². The first-order valence-electron chi connectivity index (χ1n) is 7.50. The van der Waals surface area contributed by atoms with Crippen LogP contribution in [0.3, 0.4) is 0 Å². The molecule has 0 spiro atoms. The van der Waals surface area contributed by atoms with Crippen molar-refractivity contribution in [3.63, 3.8) is 0 Å². The van der Waals surface area contributed by atoms with Crippen LogP contribution in [0.25, 0.3) is 0 Å². The summed E-state index contributed by atoms with van der Waals surface area (Å²) in [7, 11) is 0. The SMILES string of the molecule is CC1CN(c2ccncc2CNC(C)(C)C)CCCO1. The molecule has 1 fully saturated rings. The zero-order valence-corrected chi connectivity index (χ0v) is 13.1. The van der Waals surface area contributed by atoms with Crippen LogP contribution < -0.4 is 10.2 Å². The molecule has 20 heavy (non-hydrogen) atoms. The van der Waals surface area contributed by atoms with Crippen LogP contribution in [-0.2, 0) is 11.3 Å². The summed E-state index contributed by atoms with van der Waals surface area (Å²) in [6.45, 7) is 12.4. The number of ether oxygens (including phenoxy) is 1. The van der Waals surface area contributed by atoms with E-state index in [1.165, 1.54) is 11.3 Å². The number of hydrogen-bond donors (Lipinski definition) is 1. The molecule has 1 unspecified atom stereocenters. The predicted octanol–water partition coefficient (Wildman–Crippen LogP) is 2.58. The summed E-state index contributed by atoms with van der Waals surface area (Å²) in [6.07, 6.45) is 5.23. The highest BCUT2D eigenvalue weighted by molar-refractivity contribution is 5.52. The Hall–Kier alpha value is -1.13. The molecule has 1 aliphatic heterocycles. The van der Waals surface area contributed by atoms with Gasteiger partial charge in [-0.15, -0.1) is 0 Å². The Balaban J connectivity index is 2.13. The average molecular weight is 277 g/mol. The monoisotopic (exact) mass is 277 g/mol. The summed E-state index contributed by atoms with van der Waals surface area (Å²) in [5.74, 6) is 0. The molecular formula is C16H27N3O. The Morgan fingerprint density at radius 2 is 2.25 bits per heavy atom. The first-order chi connectivity index (χ1) is 9.46. The Labute approximate surface area is 122 Å². The fraction of sp³-hybridized carbons (Fsp3) is 0.688. The van der Waals surface area contributed by atoms with Crippen LogP contribution in [0.4, 0.5) is 5.69 Å². The number of pyridine rings is 1. The lowest BCUT2D eigenvalue weighted by molar-refractivity contribution is 0.0821. The molecule has 112 valence electrons. The maximum absolute atomic E-state index is 5.74. The molecule has 0 amide bonds. The van der Waals surface area contributed by atoms with E-state index < -0.39 is 0 Å². The molecule has 1 aromatic rings. The first kappa shape index (κ1) is 15.3. The third-order valence-corrected chi connectivity index (χ3v) is 3.48. The van der Waals surface area contributed by atoms with Crippen molar-refractivity contribution in [1.29, 1.82) is 0 Å². The summed E-state index contributed by atoms with van der Waals surface area (Å²) >= 11 is 0. The smallest absolute Gasteiger partial charge is 0.0721 e. The molecule has 4 nitrogen and oxygen atoms in total. The van der Waals surface area contributed by atoms with E-state index in [1.807, 2.05) is 12.4 Å². The molecular weight excluding hydrogens is 250 g/mol. The summed E-state index contributed by atoms with van der Waals surface area (Å²) < 4.78 is 5.74. The van der Waals surface area contributed by atoms with E-state index in [2.05, 4.69) is 49.0 Å². The van der Waals surface area contributed by atoms with E-state index in [1.54, 1.807) is 0 Å². The second-order valence-corrected chi connectivity index (χ2v) is 6.59. The van der Waals surface area contributed by atoms with Crippen LogP contribution in [0.2, 0.25) is 0 Å². The summed E-state index contributed by atoms with van der Waals surface area (Å²) in [5, 5.41) is 3.55. The van der Waals surface area contributed by atoms with Crippen LogP contribution in [0.5, 0.6) is 0 Å². The fourth-order valence-corrected chi connectivity index (χ4v) is 2.44. The number of nitrogens with one attached hydrogen (secondary N) is 1. The third-order valence-electron chi connectivity index (χ3n) is 3.48. The van der Waals surface area contributed by atoms with Crippen LogP contribution >= 0.6 is 0 Å². The number of rotatable bonds is 3. The summed E-state index contributed by atoms with van der Waals surface area (Å²) in [5.41, 5.74) is 2.66. The molecule has 1 saturated heterocycles. The van der Waals surface area contributed by atoms with Crippen molar-refractivity contribution >= 4 is 5.69 Å². The molecule has 1 atom stereocenters. The van der Waals surface area contributed by atoms with E-state index >= 15 is 0 Å². The molecule has 0 radical (unpaired) electrons. The molecule has 2 rings (SSSR count). The van der Waals surface area contributed by atoms with Crippen molar-refractivity contribution in [1.82, 2.24) is 10.3 Å². The minimum atomic E-state index is 0.113. The largest absolute Gasteiger partial charge is 0.377 e. The van der Waals surface area contributed by atoms with Gasteiger partial charge in [0.25, 0.3) is 0 Å². The van der Waals surface area contributed by atoms with Crippen molar-refractivity contribution in [2.45, 2.75) is 52.3 Å². The van der Waals surface area contributed by atoms with E-state index in [-0.39, 0.29) is 11.6 Å². The lowest BCUT2D eigenvalue weighted by Gasteiger charge is -2.28. The standard InChI is InChI=1S/C16H27N3O/c1-13-12-19(8-5-9-20-13)15-6-7-17-10-14(15)11-18-16(2,3)4/h6-7,10,13,18H,5,8-9,11-12H2,1-4H3. The van der Waals surface area contributed by atoms with Crippen molar-refractivity contribution in [2.75, 3.05) is 24.6 Å². The van der Waals surface area contributed by atoms with Gasteiger partial charge in [-0.1, -0.05) is 0 Å². The second-order valence-electron chi connectivity index (χ2n) is 6.59. The van der Waals surface area contributed by atoms with E-state index in [9.17, 15) is 0 Å². The van der Waals surface area contributed by atoms with Gasteiger partial charge in [0, 0.05) is 55.4 Å². The highest BCUT2D eigenvalue weighted by Crippen LogP contribution is 2.22. The molecule has 0 saturated carbocycles. The normalized spacial score (nSPS) is 20.8. The van der Waals surface area contributed by atoms with Gasteiger partial charge < -0.3 is 15.0 Å². The Bertz CT molecular complexity index is 428. The number of nitrogens with zero attached hydrogens (tertiary/aromatic N) is 2. The van der Waals surface area contributed by atoms with Crippen LogP contribution in [0.1, 0.15) is 39.7 Å². The lowest BCUT2D eigenvalue weighted by Crippen LogP contribution is -2.36. The Morgan fingerprint density at radius 3 is 3.00 bits per heavy atom. The van der Waals surface area contributed by atoms with Gasteiger partial charge in [0.05, 0.1) is 6.10 Å². The second kappa shape index (κ2) is 6.55. The maximum Gasteiger partial charge on any atom is 0.0721 e. The molecule has 1 aromatic heterocycles. The van der Waals surface area contributed by atoms with Crippen molar-refractivity contribution < 1.29 is 4.74 Å². The maximum atomic E-state index is 5.74. The highest BCUT2D eigenvalue weighted by atomic mass is 16.5. The Kier molecular flexibility index (Phi) is 5.00. The molecule has 0 aromatic carbocycles. The van der Waals surface area contributed by atoms with E-state index in [4.69, 9.17) is 4.74 Å². The van der Waals surface area contributed by atoms with Gasteiger partial charge in [0.2, 0.25) is 0 Å². The predicted molar refractivity (Wildman–Crippen MR) is 83.1 cm³/mol. The molecule has 4 heteroatoms. The summed E-state index contributed by atoms with van der Waals surface area (Å²) in [4.78, 5) is 6.71. The third kappa shape index (κ3) is 4.46.